The van der Waals surface area contributed by atoms with E-state index in [-0.39, 0.29) is 11.9 Å². The lowest BCUT2D eigenvalue weighted by Crippen LogP contribution is -2.43. The zero-order valence-electron chi connectivity index (χ0n) is 11.4. The quantitative estimate of drug-likeness (QED) is 0.840. The van der Waals surface area contributed by atoms with Gasteiger partial charge in [0.25, 0.3) is 0 Å². The minimum Gasteiger partial charge on any atom is -0.373 e. The molecule has 2 aliphatic heterocycles. The summed E-state index contributed by atoms with van der Waals surface area (Å²) in [4.78, 5) is 14.7. The van der Waals surface area contributed by atoms with Crippen LogP contribution in [0.4, 0.5) is 5.69 Å². The highest BCUT2D eigenvalue weighted by molar-refractivity contribution is 5.87. The lowest BCUT2D eigenvalue weighted by atomic mass is 10.1. The van der Waals surface area contributed by atoms with E-state index >= 15 is 0 Å². The molecule has 1 aromatic rings. The minimum atomic E-state index is -0.0446. The Morgan fingerprint density at radius 1 is 1.05 bits per heavy atom. The molecule has 102 valence electrons. The molecule has 3 rings (SSSR count). The van der Waals surface area contributed by atoms with Gasteiger partial charge in [-0.25, -0.2) is 0 Å². The molecule has 1 unspecified atom stereocenters. The Kier molecular flexibility index (Phi) is 3.72. The normalized spacial score (nSPS) is 23.2. The van der Waals surface area contributed by atoms with Crippen LogP contribution in [-0.4, -0.2) is 29.9 Å². The first-order chi connectivity index (χ1) is 9.34. The lowest BCUT2D eigenvalue weighted by molar-refractivity contribution is -0.132. The highest BCUT2D eigenvalue weighted by Gasteiger charge is 2.29. The number of para-hydroxylation sites is 1. The summed E-state index contributed by atoms with van der Waals surface area (Å²) in [6.07, 6.45) is 7.02. The standard InChI is InChI=1S/C16H22N2O/c19-16(18-10-6-2-1-3-7-11-18)15-12-13-8-4-5-9-14(13)17-15/h4-5,8-9,15,17H,1-3,6-7,10-12H2. The number of nitrogens with zero attached hydrogens (tertiary/aromatic N) is 1. The van der Waals surface area contributed by atoms with Gasteiger partial charge in [0, 0.05) is 25.2 Å². The number of rotatable bonds is 1. The molecular weight excluding hydrogens is 236 g/mol. The van der Waals surface area contributed by atoms with Crippen molar-refractivity contribution in [3.63, 3.8) is 0 Å². The number of nitrogens with one attached hydrogen (secondary N) is 1. The van der Waals surface area contributed by atoms with E-state index in [9.17, 15) is 4.79 Å². The number of benzene rings is 1. The molecule has 2 aliphatic rings. The summed E-state index contributed by atoms with van der Waals surface area (Å²) in [5.41, 5.74) is 2.40. The number of fused-ring (bicyclic) bond motifs is 1. The molecule has 19 heavy (non-hydrogen) atoms. The molecule has 1 atom stereocenters. The van der Waals surface area contributed by atoms with Gasteiger partial charge in [-0.2, -0.15) is 0 Å². The molecule has 1 N–H and O–H groups in total. The second-order valence-corrected chi connectivity index (χ2v) is 5.65. The maximum absolute atomic E-state index is 12.6. The number of likely N-dealkylation sites (tertiary alicyclic amines) is 1. The maximum Gasteiger partial charge on any atom is 0.245 e. The molecule has 1 fully saturated rings. The molecule has 0 saturated carbocycles. The second-order valence-electron chi connectivity index (χ2n) is 5.65. The maximum atomic E-state index is 12.6. The average molecular weight is 258 g/mol. The fraction of sp³-hybridized carbons (Fsp3) is 0.562. The first-order valence-electron chi connectivity index (χ1n) is 7.48. The van der Waals surface area contributed by atoms with E-state index in [1.165, 1.54) is 24.8 Å². The summed E-state index contributed by atoms with van der Waals surface area (Å²) in [5, 5.41) is 3.38. The Labute approximate surface area is 115 Å². The van der Waals surface area contributed by atoms with Crippen molar-refractivity contribution in [1.82, 2.24) is 4.90 Å². The van der Waals surface area contributed by atoms with Crippen LogP contribution in [0.1, 0.15) is 37.7 Å². The van der Waals surface area contributed by atoms with Gasteiger partial charge < -0.3 is 10.2 Å². The number of hydrogen-bond donors (Lipinski definition) is 1. The Morgan fingerprint density at radius 3 is 2.47 bits per heavy atom. The van der Waals surface area contributed by atoms with E-state index in [0.29, 0.717) is 0 Å². The summed E-state index contributed by atoms with van der Waals surface area (Å²) < 4.78 is 0. The molecule has 0 aliphatic carbocycles. The first-order valence-corrected chi connectivity index (χ1v) is 7.48. The first kappa shape index (κ1) is 12.5. The zero-order valence-corrected chi connectivity index (χ0v) is 11.4. The average Bonchev–Trinajstić information content (AvgIpc) is 2.81. The minimum absolute atomic E-state index is 0.0446. The van der Waals surface area contributed by atoms with Gasteiger partial charge in [-0.15, -0.1) is 0 Å². The molecule has 1 aromatic carbocycles. The number of anilines is 1. The largest absolute Gasteiger partial charge is 0.373 e. The molecule has 1 amide bonds. The number of hydrogen-bond acceptors (Lipinski definition) is 2. The van der Waals surface area contributed by atoms with E-state index in [2.05, 4.69) is 22.3 Å². The molecule has 0 aromatic heterocycles. The Bertz CT molecular complexity index is 425. The summed E-state index contributed by atoms with van der Waals surface area (Å²) in [7, 11) is 0. The lowest BCUT2D eigenvalue weighted by Gasteiger charge is -2.27. The van der Waals surface area contributed by atoms with Crippen molar-refractivity contribution >= 4 is 11.6 Å². The van der Waals surface area contributed by atoms with Crippen LogP contribution in [0.3, 0.4) is 0 Å². The van der Waals surface area contributed by atoms with Crippen LogP contribution < -0.4 is 5.32 Å². The fourth-order valence-electron chi connectivity index (χ4n) is 3.14. The van der Waals surface area contributed by atoms with E-state index in [0.717, 1.165) is 38.0 Å². The summed E-state index contributed by atoms with van der Waals surface area (Å²) in [6, 6.07) is 8.20. The third kappa shape index (κ3) is 2.75. The number of carbonyl (C=O) groups is 1. The van der Waals surface area contributed by atoms with Crippen LogP contribution in [0, 0.1) is 0 Å². The van der Waals surface area contributed by atoms with Crippen molar-refractivity contribution in [3.8, 4) is 0 Å². The Balaban J connectivity index is 1.65. The van der Waals surface area contributed by atoms with Gasteiger partial charge in [0.1, 0.15) is 6.04 Å². The van der Waals surface area contributed by atoms with Crippen molar-refractivity contribution < 1.29 is 4.79 Å². The van der Waals surface area contributed by atoms with Crippen LogP contribution in [0.15, 0.2) is 24.3 Å². The van der Waals surface area contributed by atoms with Crippen LogP contribution >= 0.6 is 0 Å². The third-order valence-electron chi connectivity index (χ3n) is 4.24. The van der Waals surface area contributed by atoms with Gasteiger partial charge in [0.15, 0.2) is 0 Å². The summed E-state index contributed by atoms with van der Waals surface area (Å²) >= 11 is 0. The van der Waals surface area contributed by atoms with Crippen molar-refractivity contribution in [2.75, 3.05) is 18.4 Å². The zero-order chi connectivity index (χ0) is 13.1. The van der Waals surface area contributed by atoms with Gasteiger partial charge >= 0.3 is 0 Å². The topological polar surface area (TPSA) is 32.3 Å². The highest BCUT2D eigenvalue weighted by atomic mass is 16.2. The highest BCUT2D eigenvalue weighted by Crippen LogP contribution is 2.26. The SMILES string of the molecule is O=C(C1Cc2ccccc2N1)N1CCCCCCC1. The van der Waals surface area contributed by atoms with Crippen LogP contribution in [0.5, 0.6) is 0 Å². The van der Waals surface area contributed by atoms with Crippen molar-refractivity contribution in [2.24, 2.45) is 0 Å². The van der Waals surface area contributed by atoms with Gasteiger partial charge in [-0.1, -0.05) is 37.5 Å². The number of carbonyl (C=O) groups excluding carboxylic acids is 1. The van der Waals surface area contributed by atoms with Gasteiger partial charge in [0.2, 0.25) is 5.91 Å². The van der Waals surface area contributed by atoms with Crippen LogP contribution in [0.2, 0.25) is 0 Å². The second kappa shape index (κ2) is 5.64. The summed E-state index contributed by atoms with van der Waals surface area (Å²) in [5.74, 6) is 0.290. The monoisotopic (exact) mass is 258 g/mol. The smallest absolute Gasteiger partial charge is 0.245 e. The van der Waals surface area contributed by atoms with E-state index in [1.54, 1.807) is 0 Å². The van der Waals surface area contributed by atoms with Gasteiger partial charge in [0.05, 0.1) is 0 Å². The van der Waals surface area contributed by atoms with Gasteiger partial charge in [-0.05, 0) is 24.5 Å². The van der Waals surface area contributed by atoms with Crippen molar-refractivity contribution in [1.29, 1.82) is 0 Å². The predicted molar refractivity (Wildman–Crippen MR) is 77.2 cm³/mol. The molecule has 0 spiro atoms. The van der Waals surface area contributed by atoms with Gasteiger partial charge in [-0.3, -0.25) is 4.79 Å². The Hall–Kier alpha value is -1.51. The molecular formula is C16H22N2O. The Morgan fingerprint density at radius 2 is 1.74 bits per heavy atom. The molecule has 1 saturated heterocycles. The van der Waals surface area contributed by atoms with Crippen molar-refractivity contribution in [3.05, 3.63) is 29.8 Å². The van der Waals surface area contributed by atoms with E-state index < -0.39 is 0 Å². The van der Waals surface area contributed by atoms with Crippen molar-refractivity contribution in [2.45, 2.75) is 44.6 Å². The van der Waals surface area contributed by atoms with E-state index in [1.807, 2.05) is 12.1 Å². The van der Waals surface area contributed by atoms with E-state index in [4.69, 9.17) is 0 Å². The molecule has 3 heteroatoms. The molecule has 0 radical (unpaired) electrons. The number of amides is 1. The third-order valence-corrected chi connectivity index (χ3v) is 4.24. The summed E-state index contributed by atoms with van der Waals surface area (Å²) in [6.45, 7) is 1.88. The molecule has 3 nitrogen and oxygen atoms in total. The molecule has 0 bridgehead atoms. The van der Waals surface area contributed by atoms with Crippen LogP contribution in [0.25, 0.3) is 0 Å². The fourth-order valence-corrected chi connectivity index (χ4v) is 3.14. The predicted octanol–water partition coefficient (Wildman–Crippen LogP) is 2.82. The van der Waals surface area contributed by atoms with Crippen LogP contribution in [-0.2, 0) is 11.2 Å². The molecule has 2 heterocycles.